The van der Waals surface area contributed by atoms with Gasteiger partial charge in [-0.25, -0.2) is 0 Å². The first-order chi connectivity index (χ1) is 4.88. The largest absolute Gasteiger partial charge is 0.392 e. The Balaban J connectivity index is 2.96. The van der Waals surface area contributed by atoms with Crippen LogP contribution in [-0.4, -0.2) is 5.11 Å². The number of hydrogen-bond donors (Lipinski definition) is 1. The van der Waals surface area contributed by atoms with E-state index in [0.29, 0.717) is 0 Å². The SMILES string of the molecule is OCc1ccccc1CI. The summed E-state index contributed by atoms with van der Waals surface area (Å²) in [6, 6.07) is 7.93. The summed E-state index contributed by atoms with van der Waals surface area (Å²) in [5.41, 5.74) is 2.27. The van der Waals surface area contributed by atoms with E-state index < -0.39 is 0 Å². The van der Waals surface area contributed by atoms with Crippen LogP contribution in [0.25, 0.3) is 0 Å². The maximum atomic E-state index is 8.85. The average molecular weight is 248 g/mol. The number of rotatable bonds is 2. The van der Waals surface area contributed by atoms with Crippen molar-refractivity contribution in [2.45, 2.75) is 11.0 Å². The number of halogens is 1. The molecule has 1 N–H and O–H groups in total. The minimum Gasteiger partial charge on any atom is -0.392 e. The number of aliphatic hydroxyl groups is 1. The first kappa shape index (κ1) is 8.01. The molecule has 10 heavy (non-hydrogen) atoms. The zero-order chi connectivity index (χ0) is 7.40. The molecule has 1 nitrogen and oxygen atoms in total. The van der Waals surface area contributed by atoms with Crippen LogP contribution in [0.4, 0.5) is 0 Å². The predicted octanol–water partition coefficient (Wildman–Crippen LogP) is 2.11. The fourth-order valence-corrected chi connectivity index (χ4v) is 1.59. The van der Waals surface area contributed by atoms with Crippen molar-refractivity contribution in [2.24, 2.45) is 0 Å². The molecule has 54 valence electrons. The van der Waals surface area contributed by atoms with Gasteiger partial charge in [-0.1, -0.05) is 46.9 Å². The highest BCUT2D eigenvalue weighted by atomic mass is 127. The predicted molar refractivity (Wildman–Crippen MR) is 50.1 cm³/mol. The van der Waals surface area contributed by atoms with Crippen LogP contribution in [0.5, 0.6) is 0 Å². The maximum Gasteiger partial charge on any atom is 0.0684 e. The van der Waals surface area contributed by atoms with Crippen molar-refractivity contribution in [1.82, 2.24) is 0 Å². The molecule has 0 aromatic heterocycles. The van der Waals surface area contributed by atoms with E-state index in [-0.39, 0.29) is 6.61 Å². The Kier molecular flexibility index (Phi) is 3.15. The van der Waals surface area contributed by atoms with Crippen molar-refractivity contribution in [1.29, 1.82) is 0 Å². The minimum atomic E-state index is 0.152. The van der Waals surface area contributed by atoms with Crippen LogP contribution < -0.4 is 0 Å². The summed E-state index contributed by atoms with van der Waals surface area (Å²) < 4.78 is 0.967. The molecule has 0 radical (unpaired) electrons. The van der Waals surface area contributed by atoms with Crippen LogP contribution in [0.3, 0.4) is 0 Å². The molecule has 0 atom stereocenters. The van der Waals surface area contributed by atoms with E-state index >= 15 is 0 Å². The zero-order valence-corrected chi connectivity index (χ0v) is 7.71. The normalized spacial score (nSPS) is 9.80. The molecule has 0 fully saturated rings. The molecule has 0 aliphatic heterocycles. The number of hydrogen-bond acceptors (Lipinski definition) is 1. The standard InChI is InChI=1S/C8H9IO/c9-5-7-3-1-2-4-8(7)6-10/h1-4,10H,5-6H2. The molecule has 0 saturated carbocycles. The second-order valence-electron chi connectivity index (χ2n) is 2.06. The fourth-order valence-electron chi connectivity index (χ4n) is 0.842. The van der Waals surface area contributed by atoms with Crippen LogP contribution >= 0.6 is 22.6 Å². The second kappa shape index (κ2) is 3.93. The summed E-state index contributed by atoms with van der Waals surface area (Å²) in [5, 5.41) is 8.85. The lowest BCUT2D eigenvalue weighted by Crippen LogP contribution is -1.88. The van der Waals surface area contributed by atoms with Gasteiger partial charge < -0.3 is 5.11 Å². The van der Waals surface area contributed by atoms with E-state index in [4.69, 9.17) is 5.11 Å². The summed E-state index contributed by atoms with van der Waals surface area (Å²) in [6.45, 7) is 0.152. The van der Waals surface area contributed by atoms with Gasteiger partial charge in [0.25, 0.3) is 0 Å². The van der Waals surface area contributed by atoms with Gasteiger partial charge in [-0.2, -0.15) is 0 Å². The monoisotopic (exact) mass is 248 g/mol. The number of alkyl halides is 1. The van der Waals surface area contributed by atoms with Crippen molar-refractivity contribution in [3.05, 3.63) is 35.4 Å². The van der Waals surface area contributed by atoms with Gasteiger partial charge in [0.2, 0.25) is 0 Å². The van der Waals surface area contributed by atoms with Crippen molar-refractivity contribution in [3.8, 4) is 0 Å². The third-order valence-corrected chi connectivity index (χ3v) is 2.25. The van der Waals surface area contributed by atoms with Crippen LogP contribution in [0, 0.1) is 0 Å². The third kappa shape index (κ3) is 1.70. The average Bonchev–Trinajstić information content (AvgIpc) is 2.04. The van der Waals surface area contributed by atoms with Crippen molar-refractivity contribution < 1.29 is 5.11 Å². The van der Waals surface area contributed by atoms with Gasteiger partial charge in [0, 0.05) is 4.43 Å². The molecule has 1 aromatic carbocycles. The topological polar surface area (TPSA) is 20.2 Å². The smallest absolute Gasteiger partial charge is 0.0684 e. The Labute approximate surface area is 74.2 Å². The molecule has 1 rings (SSSR count). The summed E-state index contributed by atoms with van der Waals surface area (Å²) in [7, 11) is 0. The fraction of sp³-hybridized carbons (Fsp3) is 0.250. The summed E-state index contributed by atoms with van der Waals surface area (Å²) in [5.74, 6) is 0. The Morgan fingerprint density at radius 2 is 1.80 bits per heavy atom. The summed E-state index contributed by atoms with van der Waals surface area (Å²) in [6.07, 6.45) is 0. The first-order valence-corrected chi connectivity index (χ1v) is 4.64. The first-order valence-electron chi connectivity index (χ1n) is 3.12. The molecular formula is C8H9IO. The van der Waals surface area contributed by atoms with Gasteiger partial charge in [-0.15, -0.1) is 0 Å². The lowest BCUT2D eigenvalue weighted by molar-refractivity contribution is 0.281. The van der Waals surface area contributed by atoms with E-state index in [1.165, 1.54) is 5.56 Å². The molecule has 0 bridgehead atoms. The molecule has 0 unspecified atom stereocenters. The summed E-state index contributed by atoms with van der Waals surface area (Å²) in [4.78, 5) is 0. The van der Waals surface area contributed by atoms with Gasteiger partial charge in [-0.05, 0) is 11.1 Å². The lowest BCUT2D eigenvalue weighted by atomic mass is 10.1. The van der Waals surface area contributed by atoms with Gasteiger partial charge in [0.15, 0.2) is 0 Å². The van der Waals surface area contributed by atoms with Gasteiger partial charge >= 0.3 is 0 Å². The van der Waals surface area contributed by atoms with E-state index in [2.05, 4.69) is 22.6 Å². The van der Waals surface area contributed by atoms with E-state index in [9.17, 15) is 0 Å². The molecule has 0 aliphatic rings. The van der Waals surface area contributed by atoms with Crippen molar-refractivity contribution in [2.75, 3.05) is 0 Å². The zero-order valence-electron chi connectivity index (χ0n) is 5.55. The summed E-state index contributed by atoms with van der Waals surface area (Å²) >= 11 is 2.29. The van der Waals surface area contributed by atoms with Gasteiger partial charge in [0.1, 0.15) is 0 Å². The highest BCUT2D eigenvalue weighted by Gasteiger charge is 1.95. The van der Waals surface area contributed by atoms with E-state index in [1.54, 1.807) is 0 Å². The van der Waals surface area contributed by atoms with Gasteiger partial charge in [-0.3, -0.25) is 0 Å². The highest BCUT2D eigenvalue weighted by Crippen LogP contribution is 2.11. The Bertz CT molecular complexity index is 187. The molecule has 0 spiro atoms. The molecular weight excluding hydrogens is 239 g/mol. The Hall–Kier alpha value is -0.0900. The third-order valence-electron chi connectivity index (χ3n) is 1.43. The highest BCUT2D eigenvalue weighted by molar-refractivity contribution is 14.1. The van der Waals surface area contributed by atoms with Gasteiger partial charge in [0.05, 0.1) is 6.61 Å². The van der Waals surface area contributed by atoms with E-state index in [0.717, 1.165) is 9.99 Å². The second-order valence-corrected chi connectivity index (χ2v) is 2.82. The van der Waals surface area contributed by atoms with E-state index in [1.807, 2.05) is 24.3 Å². The number of aliphatic hydroxyl groups excluding tert-OH is 1. The molecule has 0 heterocycles. The van der Waals surface area contributed by atoms with Crippen LogP contribution in [-0.2, 0) is 11.0 Å². The van der Waals surface area contributed by atoms with Crippen LogP contribution in [0.2, 0.25) is 0 Å². The minimum absolute atomic E-state index is 0.152. The molecule has 0 aliphatic carbocycles. The van der Waals surface area contributed by atoms with Crippen molar-refractivity contribution in [3.63, 3.8) is 0 Å². The molecule has 0 amide bonds. The number of benzene rings is 1. The maximum absolute atomic E-state index is 8.85. The molecule has 2 heteroatoms. The molecule has 0 saturated heterocycles. The lowest BCUT2D eigenvalue weighted by Gasteiger charge is -2.01. The van der Waals surface area contributed by atoms with Crippen LogP contribution in [0.15, 0.2) is 24.3 Å². The Morgan fingerprint density at radius 1 is 1.20 bits per heavy atom. The van der Waals surface area contributed by atoms with Crippen molar-refractivity contribution >= 4 is 22.6 Å². The van der Waals surface area contributed by atoms with Crippen LogP contribution in [0.1, 0.15) is 11.1 Å². The molecule has 1 aromatic rings. The quantitative estimate of drug-likeness (QED) is 0.627. The Morgan fingerprint density at radius 3 is 2.20 bits per heavy atom.